The number of benzene rings is 1. The predicted octanol–water partition coefficient (Wildman–Crippen LogP) is 5.19. The summed E-state index contributed by atoms with van der Waals surface area (Å²) in [4.78, 5) is 14.7. The average Bonchev–Trinajstić information content (AvgIpc) is 3.37. The van der Waals surface area contributed by atoms with Crippen molar-refractivity contribution in [2.45, 2.75) is 20.4 Å². The third kappa shape index (κ3) is 4.94. The number of morpholine rings is 1. The molecule has 0 amide bonds. The zero-order valence-corrected chi connectivity index (χ0v) is 20.0. The number of hydrogen-bond acceptors (Lipinski definition) is 6. The highest BCUT2D eigenvalue weighted by Crippen LogP contribution is 2.32. The minimum absolute atomic E-state index is 0.498. The van der Waals surface area contributed by atoms with Gasteiger partial charge in [0, 0.05) is 66.1 Å². The van der Waals surface area contributed by atoms with Crippen molar-refractivity contribution in [3.8, 4) is 6.07 Å². The van der Waals surface area contributed by atoms with Gasteiger partial charge in [0.05, 0.1) is 30.2 Å². The van der Waals surface area contributed by atoms with Crippen LogP contribution in [0.3, 0.4) is 0 Å². The first-order chi connectivity index (χ1) is 17.1. The minimum atomic E-state index is 0.498. The van der Waals surface area contributed by atoms with E-state index in [0.29, 0.717) is 5.56 Å². The molecule has 7 heteroatoms. The van der Waals surface area contributed by atoms with E-state index in [1.807, 2.05) is 49.7 Å². The minimum Gasteiger partial charge on any atom is -0.379 e. The quantitative estimate of drug-likeness (QED) is 0.408. The zero-order valence-electron chi connectivity index (χ0n) is 20.0. The first kappa shape index (κ1) is 22.8. The molecule has 4 aromatic rings. The van der Waals surface area contributed by atoms with Crippen molar-refractivity contribution >= 4 is 34.4 Å². The number of aromatic amines is 1. The van der Waals surface area contributed by atoms with E-state index in [2.05, 4.69) is 50.3 Å². The summed E-state index contributed by atoms with van der Waals surface area (Å²) in [6, 6.07) is 12.6. The molecule has 0 bridgehead atoms. The van der Waals surface area contributed by atoms with E-state index < -0.39 is 0 Å². The number of ether oxygens (including phenoxy) is 1. The van der Waals surface area contributed by atoms with Gasteiger partial charge in [-0.1, -0.05) is 6.07 Å². The topological polar surface area (TPSA) is 89.9 Å². The lowest BCUT2D eigenvalue weighted by Gasteiger charge is -2.26. The summed E-state index contributed by atoms with van der Waals surface area (Å²) in [5.41, 5.74) is 8.16. The second kappa shape index (κ2) is 10.1. The van der Waals surface area contributed by atoms with Crippen molar-refractivity contribution in [2.75, 3.05) is 31.6 Å². The molecule has 2 N–H and O–H groups in total. The van der Waals surface area contributed by atoms with Gasteiger partial charge in [-0.3, -0.25) is 14.9 Å². The van der Waals surface area contributed by atoms with Gasteiger partial charge in [-0.2, -0.15) is 5.26 Å². The van der Waals surface area contributed by atoms with Crippen molar-refractivity contribution in [1.29, 1.82) is 5.26 Å². The summed E-state index contributed by atoms with van der Waals surface area (Å²) < 4.78 is 5.43. The van der Waals surface area contributed by atoms with E-state index >= 15 is 0 Å². The lowest BCUT2D eigenvalue weighted by atomic mass is 10.0. The maximum atomic E-state index is 9.79. The Morgan fingerprint density at radius 1 is 1.09 bits per heavy atom. The van der Waals surface area contributed by atoms with E-state index in [1.165, 1.54) is 5.56 Å². The van der Waals surface area contributed by atoms with Crippen molar-refractivity contribution < 1.29 is 4.74 Å². The Kier molecular flexibility index (Phi) is 6.57. The largest absolute Gasteiger partial charge is 0.379 e. The molecule has 3 aromatic heterocycles. The molecule has 0 unspecified atom stereocenters. The molecule has 0 aliphatic carbocycles. The molecule has 4 heterocycles. The van der Waals surface area contributed by atoms with E-state index in [4.69, 9.17) is 4.74 Å². The second-order valence-electron chi connectivity index (χ2n) is 8.77. The van der Waals surface area contributed by atoms with Gasteiger partial charge in [0.2, 0.25) is 0 Å². The molecule has 5 rings (SSSR count). The summed E-state index contributed by atoms with van der Waals surface area (Å²) >= 11 is 0. The van der Waals surface area contributed by atoms with E-state index in [-0.39, 0.29) is 0 Å². The van der Waals surface area contributed by atoms with Gasteiger partial charge in [0.25, 0.3) is 0 Å². The van der Waals surface area contributed by atoms with Crippen molar-refractivity contribution in [3.63, 3.8) is 0 Å². The molecule has 176 valence electrons. The first-order valence-corrected chi connectivity index (χ1v) is 11.8. The van der Waals surface area contributed by atoms with Crippen LogP contribution in [-0.4, -0.2) is 46.2 Å². The Hall–Kier alpha value is -3.99. The molecule has 35 heavy (non-hydrogen) atoms. The third-order valence-corrected chi connectivity index (χ3v) is 6.48. The van der Waals surface area contributed by atoms with Crippen LogP contribution in [0.1, 0.15) is 33.6 Å². The summed E-state index contributed by atoms with van der Waals surface area (Å²) in [6.07, 6.45) is 9.45. The Morgan fingerprint density at radius 2 is 1.94 bits per heavy atom. The number of aromatic nitrogens is 3. The molecule has 1 saturated heterocycles. The van der Waals surface area contributed by atoms with E-state index in [9.17, 15) is 5.26 Å². The number of H-pyrrole nitrogens is 1. The van der Waals surface area contributed by atoms with Gasteiger partial charge in [0.1, 0.15) is 6.07 Å². The molecule has 7 nitrogen and oxygen atoms in total. The van der Waals surface area contributed by atoms with Crippen LogP contribution in [0.4, 0.5) is 11.4 Å². The Bertz CT molecular complexity index is 1410. The summed E-state index contributed by atoms with van der Waals surface area (Å²) in [5, 5.41) is 14.4. The summed E-state index contributed by atoms with van der Waals surface area (Å²) in [7, 11) is 0. The Balaban J connectivity index is 1.41. The fourth-order valence-corrected chi connectivity index (χ4v) is 4.41. The normalized spacial score (nSPS) is 14.4. The number of pyridine rings is 2. The maximum Gasteiger partial charge on any atom is 0.103 e. The number of fused-ring (bicyclic) bond motifs is 1. The molecule has 1 aliphatic rings. The average molecular weight is 465 g/mol. The number of hydrogen-bond donors (Lipinski definition) is 2. The molecule has 0 radical (unpaired) electrons. The smallest absolute Gasteiger partial charge is 0.103 e. The highest BCUT2D eigenvalue weighted by atomic mass is 16.5. The Morgan fingerprint density at radius 3 is 2.71 bits per heavy atom. The zero-order chi connectivity index (χ0) is 24.2. The van der Waals surface area contributed by atoms with Gasteiger partial charge in [-0.15, -0.1) is 0 Å². The molecular formula is C28H28N6O. The number of nitriles is 1. The highest BCUT2D eigenvalue weighted by molar-refractivity contribution is 5.90. The van der Waals surface area contributed by atoms with E-state index in [0.717, 1.165) is 77.6 Å². The van der Waals surface area contributed by atoms with Crippen LogP contribution in [0.5, 0.6) is 0 Å². The van der Waals surface area contributed by atoms with Gasteiger partial charge in [0.15, 0.2) is 0 Å². The molecule has 0 saturated carbocycles. The van der Waals surface area contributed by atoms with E-state index in [1.54, 1.807) is 6.20 Å². The van der Waals surface area contributed by atoms with Crippen LogP contribution in [0.2, 0.25) is 0 Å². The fourth-order valence-electron chi connectivity index (χ4n) is 4.41. The molecule has 1 aromatic carbocycles. The SMILES string of the molecule is Cc1ncc(C#N)c(Nc2ccc3[nH]ccc3c2C)c1C=Cc1ccc(CN2CCOCC2)cn1. The summed E-state index contributed by atoms with van der Waals surface area (Å²) in [6.45, 7) is 8.40. The van der Waals surface area contributed by atoms with Crippen LogP contribution in [0.25, 0.3) is 23.1 Å². The number of nitrogens with one attached hydrogen (secondary N) is 2. The van der Waals surface area contributed by atoms with Gasteiger partial charge in [-0.05, 0) is 61.4 Å². The number of anilines is 2. The number of rotatable bonds is 6. The first-order valence-electron chi connectivity index (χ1n) is 11.8. The lowest BCUT2D eigenvalue weighted by molar-refractivity contribution is 0.0341. The third-order valence-electron chi connectivity index (χ3n) is 6.48. The van der Waals surface area contributed by atoms with Crippen LogP contribution in [0.15, 0.2) is 48.9 Å². The highest BCUT2D eigenvalue weighted by Gasteiger charge is 2.14. The van der Waals surface area contributed by atoms with Crippen molar-refractivity contribution in [3.05, 3.63) is 82.6 Å². The number of nitrogens with zero attached hydrogens (tertiary/aromatic N) is 4. The molecule has 1 aliphatic heterocycles. The van der Waals surface area contributed by atoms with Crippen molar-refractivity contribution in [2.24, 2.45) is 0 Å². The molecule has 0 atom stereocenters. The lowest BCUT2D eigenvalue weighted by Crippen LogP contribution is -2.35. The van der Waals surface area contributed by atoms with Gasteiger partial charge < -0.3 is 15.0 Å². The van der Waals surface area contributed by atoms with Crippen molar-refractivity contribution in [1.82, 2.24) is 19.9 Å². The molecule has 1 fully saturated rings. The molecular weight excluding hydrogens is 436 g/mol. The second-order valence-corrected chi connectivity index (χ2v) is 8.77. The summed E-state index contributed by atoms with van der Waals surface area (Å²) in [5.74, 6) is 0. The maximum absolute atomic E-state index is 9.79. The van der Waals surface area contributed by atoms with Gasteiger partial charge in [-0.25, -0.2) is 0 Å². The standard InChI is InChI=1S/C28H28N6O/c1-19-24-9-10-30-27(24)8-7-26(19)33-28-22(15-29)17-31-20(2)25(28)6-5-23-4-3-21(16-32-23)18-34-11-13-35-14-12-34/h3-10,16-17,30H,11-14,18H2,1-2H3,(H,31,33). The van der Waals surface area contributed by atoms with Crippen LogP contribution in [-0.2, 0) is 11.3 Å². The predicted molar refractivity (Wildman–Crippen MR) is 139 cm³/mol. The van der Waals surface area contributed by atoms with Gasteiger partial charge >= 0.3 is 0 Å². The monoisotopic (exact) mass is 464 g/mol. The number of aryl methyl sites for hydroxylation is 2. The van der Waals surface area contributed by atoms with Crippen LogP contribution < -0.4 is 5.32 Å². The van der Waals surface area contributed by atoms with Crippen LogP contribution in [0, 0.1) is 25.2 Å². The Labute approximate surface area is 205 Å². The van der Waals surface area contributed by atoms with Crippen LogP contribution >= 0.6 is 0 Å². The fraction of sp³-hybridized carbons (Fsp3) is 0.250. The molecule has 0 spiro atoms.